The zero-order chi connectivity index (χ0) is 12.8. The molecule has 0 aromatic carbocycles. The standard InChI is InChI=1S/C11H16N4O2/c1-7(10(12)15-17)11(16)14-8(2)9-5-3-4-6-13-9/h3-8,17H,1-2H3,(H2,12,15)(H,14,16). The molecule has 1 amide bonds. The molecule has 2 unspecified atom stereocenters. The Morgan fingerprint density at radius 1 is 1.53 bits per heavy atom. The minimum Gasteiger partial charge on any atom is -0.409 e. The number of hydrogen-bond donors (Lipinski definition) is 3. The van der Waals surface area contributed by atoms with Gasteiger partial charge < -0.3 is 16.3 Å². The van der Waals surface area contributed by atoms with Crippen molar-refractivity contribution in [2.75, 3.05) is 0 Å². The third-order valence-electron chi connectivity index (χ3n) is 2.44. The van der Waals surface area contributed by atoms with Crippen molar-refractivity contribution in [2.45, 2.75) is 19.9 Å². The summed E-state index contributed by atoms with van der Waals surface area (Å²) in [6.07, 6.45) is 1.66. The summed E-state index contributed by atoms with van der Waals surface area (Å²) in [4.78, 5) is 15.8. The van der Waals surface area contributed by atoms with Gasteiger partial charge in [0.1, 0.15) is 0 Å². The van der Waals surface area contributed by atoms with E-state index in [1.54, 1.807) is 19.2 Å². The second kappa shape index (κ2) is 5.83. The Hall–Kier alpha value is -2.11. The third kappa shape index (κ3) is 3.44. The summed E-state index contributed by atoms with van der Waals surface area (Å²) < 4.78 is 0. The average molecular weight is 236 g/mol. The van der Waals surface area contributed by atoms with Gasteiger partial charge in [-0.1, -0.05) is 11.2 Å². The lowest BCUT2D eigenvalue weighted by Gasteiger charge is -2.16. The fraction of sp³-hybridized carbons (Fsp3) is 0.364. The van der Waals surface area contributed by atoms with Crippen molar-refractivity contribution in [3.8, 4) is 0 Å². The average Bonchev–Trinajstić information content (AvgIpc) is 2.37. The number of nitrogens with zero attached hydrogens (tertiary/aromatic N) is 2. The van der Waals surface area contributed by atoms with Crippen LogP contribution in [0.5, 0.6) is 0 Å². The summed E-state index contributed by atoms with van der Waals surface area (Å²) in [6, 6.07) is 5.24. The molecule has 4 N–H and O–H groups in total. The largest absolute Gasteiger partial charge is 0.409 e. The van der Waals surface area contributed by atoms with E-state index >= 15 is 0 Å². The molecule has 0 bridgehead atoms. The Balaban J connectivity index is 2.64. The van der Waals surface area contributed by atoms with Crippen molar-refractivity contribution in [1.29, 1.82) is 0 Å². The fourth-order valence-electron chi connectivity index (χ4n) is 1.27. The quantitative estimate of drug-likeness (QED) is 0.309. The number of carbonyl (C=O) groups is 1. The van der Waals surface area contributed by atoms with Gasteiger partial charge in [-0.05, 0) is 26.0 Å². The van der Waals surface area contributed by atoms with E-state index in [0.717, 1.165) is 5.69 Å². The van der Waals surface area contributed by atoms with Gasteiger partial charge >= 0.3 is 0 Å². The maximum absolute atomic E-state index is 11.7. The van der Waals surface area contributed by atoms with Crippen LogP contribution in [-0.2, 0) is 4.79 Å². The zero-order valence-corrected chi connectivity index (χ0v) is 9.79. The molecule has 1 heterocycles. The molecule has 2 atom stereocenters. The molecule has 6 heteroatoms. The lowest BCUT2D eigenvalue weighted by atomic mass is 10.1. The molecular formula is C11H16N4O2. The molecule has 0 spiro atoms. The second-order valence-electron chi connectivity index (χ2n) is 3.73. The fourth-order valence-corrected chi connectivity index (χ4v) is 1.27. The molecule has 0 aliphatic rings. The minimum atomic E-state index is -0.675. The molecule has 17 heavy (non-hydrogen) atoms. The maximum atomic E-state index is 11.7. The molecule has 0 aliphatic heterocycles. The zero-order valence-electron chi connectivity index (χ0n) is 9.79. The topological polar surface area (TPSA) is 101 Å². The summed E-state index contributed by atoms with van der Waals surface area (Å²) in [6.45, 7) is 3.38. The first-order valence-corrected chi connectivity index (χ1v) is 5.25. The number of hydrogen-bond acceptors (Lipinski definition) is 4. The summed E-state index contributed by atoms with van der Waals surface area (Å²) in [7, 11) is 0. The van der Waals surface area contributed by atoms with Gasteiger partial charge in [-0.3, -0.25) is 9.78 Å². The van der Waals surface area contributed by atoms with Crippen LogP contribution in [0.15, 0.2) is 29.6 Å². The van der Waals surface area contributed by atoms with E-state index in [9.17, 15) is 4.79 Å². The number of amidine groups is 1. The summed E-state index contributed by atoms with van der Waals surface area (Å²) in [5.74, 6) is -1.10. The highest BCUT2D eigenvalue weighted by Crippen LogP contribution is 2.09. The number of carbonyl (C=O) groups excluding carboxylic acids is 1. The van der Waals surface area contributed by atoms with Gasteiger partial charge in [0.05, 0.1) is 17.7 Å². The number of rotatable bonds is 4. The Bertz CT molecular complexity index is 405. The predicted octanol–water partition coefficient (Wildman–Crippen LogP) is 0.641. The Morgan fingerprint density at radius 2 is 2.24 bits per heavy atom. The van der Waals surface area contributed by atoms with E-state index in [1.807, 2.05) is 19.1 Å². The van der Waals surface area contributed by atoms with E-state index in [1.165, 1.54) is 0 Å². The van der Waals surface area contributed by atoms with E-state index in [0.29, 0.717) is 0 Å². The highest BCUT2D eigenvalue weighted by molar-refractivity contribution is 6.01. The highest BCUT2D eigenvalue weighted by Gasteiger charge is 2.20. The smallest absolute Gasteiger partial charge is 0.231 e. The molecule has 0 fully saturated rings. The number of aromatic nitrogens is 1. The van der Waals surface area contributed by atoms with Crippen molar-refractivity contribution in [1.82, 2.24) is 10.3 Å². The van der Waals surface area contributed by atoms with Crippen molar-refractivity contribution in [3.05, 3.63) is 30.1 Å². The normalized spacial score (nSPS) is 15.1. The van der Waals surface area contributed by atoms with E-state index in [-0.39, 0.29) is 17.8 Å². The number of pyridine rings is 1. The van der Waals surface area contributed by atoms with Crippen LogP contribution in [0.2, 0.25) is 0 Å². The highest BCUT2D eigenvalue weighted by atomic mass is 16.4. The SMILES string of the molecule is CC(C(=O)NC(C)c1ccccn1)C(N)=NO. The monoisotopic (exact) mass is 236 g/mol. The Morgan fingerprint density at radius 3 is 2.76 bits per heavy atom. The Labute approximate surface area is 99.5 Å². The van der Waals surface area contributed by atoms with Crippen LogP contribution in [0.4, 0.5) is 0 Å². The van der Waals surface area contributed by atoms with Gasteiger partial charge in [-0.25, -0.2) is 0 Å². The van der Waals surface area contributed by atoms with Gasteiger partial charge in [-0.15, -0.1) is 0 Å². The van der Waals surface area contributed by atoms with Gasteiger partial charge in [0.25, 0.3) is 0 Å². The first-order chi connectivity index (χ1) is 8.06. The van der Waals surface area contributed by atoms with Gasteiger partial charge in [-0.2, -0.15) is 0 Å². The first kappa shape index (κ1) is 13.0. The van der Waals surface area contributed by atoms with Crippen molar-refractivity contribution >= 4 is 11.7 Å². The maximum Gasteiger partial charge on any atom is 0.231 e. The molecule has 1 aromatic rings. The number of nitrogens with one attached hydrogen (secondary N) is 1. The van der Waals surface area contributed by atoms with Crippen molar-refractivity contribution in [3.63, 3.8) is 0 Å². The van der Waals surface area contributed by atoms with Gasteiger partial charge in [0.15, 0.2) is 5.84 Å². The first-order valence-electron chi connectivity index (χ1n) is 5.25. The van der Waals surface area contributed by atoms with Gasteiger partial charge in [0, 0.05) is 6.20 Å². The lowest BCUT2D eigenvalue weighted by Crippen LogP contribution is -2.38. The molecule has 0 saturated carbocycles. The number of amides is 1. The van der Waals surface area contributed by atoms with Crippen LogP contribution in [0.25, 0.3) is 0 Å². The van der Waals surface area contributed by atoms with E-state index in [4.69, 9.17) is 10.9 Å². The van der Waals surface area contributed by atoms with E-state index in [2.05, 4.69) is 15.5 Å². The molecule has 0 radical (unpaired) electrons. The third-order valence-corrected chi connectivity index (χ3v) is 2.44. The summed E-state index contributed by atoms with van der Waals surface area (Å²) in [5, 5.41) is 14.0. The Kier molecular flexibility index (Phi) is 4.45. The minimum absolute atomic E-state index is 0.115. The van der Waals surface area contributed by atoms with Crippen LogP contribution < -0.4 is 11.1 Å². The molecule has 1 rings (SSSR count). The molecule has 0 aliphatic carbocycles. The summed E-state index contributed by atoms with van der Waals surface area (Å²) >= 11 is 0. The number of oxime groups is 1. The second-order valence-corrected chi connectivity index (χ2v) is 3.73. The molecule has 6 nitrogen and oxygen atoms in total. The van der Waals surface area contributed by atoms with Crippen LogP contribution in [0.3, 0.4) is 0 Å². The van der Waals surface area contributed by atoms with Crippen molar-refractivity contribution in [2.24, 2.45) is 16.8 Å². The predicted molar refractivity (Wildman–Crippen MR) is 63.4 cm³/mol. The lowest BCUT2D eigenvalue weighted by molar-refractivity contribution is -0.123. The molecular weight excluding hydrogens is 220 g/mol. The van der Waals surface area contributed by atoms with Crippen LogP contribution in [0, 0.1) is 5.92 Å². The van der Waals surface area contributed by atoms with Crippen LogP contribution in [-0.4, -0.2) is 21.9 Å². The molecule has 1 aromatic heterocycles. The van der Waals surface area contributed by atoms with Crippen LogP contribution in [0.1, 0.15) is 25.6 Å². The van der Waals surface area contributed by atoms with E-state index < -0.39 is 5.92 Å². The van der Waals surface area contributed by atoms with Gasteiger partial charge in [0.2, 0.25) is 5.91 Å². The van der Waals surface area contributed by atoms with Crippen molar-refractivity contribution < 1.29 is 10.0 Å². The van der Waals surface area contributed by atoms with Crippen LogP contribution >= 0.6 is 0 Å². The summed E-state index contributed by atoms with van der Waals surface area (Å²) in [5.41, 5.74) is 6.11. The number of nitrogens with two attached hydrogens (primary N) is 1. The molecule has 92 valence electrons. The molecule has 0 saturated heterocycles.